The number of nitriles is 1. The SMILES string of the molecule is C[C@]12CCC[C@H](N1)[C@H](F)[C@H](N(c1ncc(-c3ccc(-n4cc(C#N)nn4)cc3O)nn1)C1CC1)C2. The summed E-state index contributed by atoms with van der Waals surface area (Å²) in [6.45, 7) is 2.19. The summed E-state index contributed by atoms with van der Waals surface area (Å²) >= 11 is 0. The first-order valence-corrected chi connectivity index (χ1v) is 12.0. The first-order valence-electron chi connectivity index (χ1n) is 12.0. The van der Waals surface area contributed by atoms with Gasteiger partial charge in [0.2, 0.25) is 5.95 Å². The zero-order valence-electron chi connectivity index (χ0n) is 19.3. The van der Waals surface area contributed by atoms with Crippen LogP contribution in [0, 0.1) is 11.3 Å². The molecule has 6 rings (SSSR count). The van der Waals surface area contributed by atoms with Crippen LogP contribution in [-0.4, -0.2) is 65.1 Å². The molecule has 1 aliphatic carbocycles. The van der Waals surface area contributed by atoms with Gasteiger partial charge in [0.1, 0.15) is 23.7 Å². The molecule has 2 saturated heterocycles. The summed E-state index contributed by atoms with van der Waals surface area (Å²) in [4.78, 5) is 6.62. The van der Waals surface area contributed by atoms with E-state index in [1.54, 1.807) is 18.3 Å². The third-order valence-corrected chi connectivity index (χ3v) is 7.40. The van der Waals surface area contributed by atoms with Gasteiger partial charge in [0, 0.05) is 29.3 Å². The Morgan fingerprint density at radius 2 is 2.11 bits per heavy atom. The van der Waals surface area contributed by atoms with Crippen molar-refractivity contribution in [3.8, 4) is 28.8 Å². The molecular formula is C24H26FN9O. The molecule has 4 heterocycles. The molecule has 180 valence electrons. The Labute approximate surface area is 201 Å². The number of rotatable bonds is 5. The van der Waals surface area contributed by atoms with Crippen molar-refractivity contribution in [1.82, 2.24) is 35.5 Å². The normalized spacial score (nSPS) is 27.9. The number of phenolic OH excluding ortho intramolecular Hbond substituents is 1. The van der Waals surface area contributed by atoms with Crippen molar-refractivity contribution in [2.75, 3.05) is 4.90 Å². The number of aromatic hydroxyl groups is 1. The second-order valence-corrected chi connectivity index (χ2v) is 10.1. The zero-order chi connectivity index (χ0) is 24.2. The van der Waals surface area contributed by atoms with Crippen molar-refractivity contribution in [1.29, 1.82) is 5.26 Å². The average Bonchev–Trinajstić information content (AvgIpc) is 3.57. The van der Waals surface area contributed by atoms with Gasteiger partial charge in [0.25, 0.3) is 0 Å². The Balaban J connectivity index is 1.26. The average molecular weight is 476 g/mol. The molecule has 2 N–H and O–H groups in total. The van der Waals surface area contributed by atoms with Gasteiger partial charge < -0.3 is 15.3 Å². The maximum Gasteiger partial charge on any atom is 0.245 e. The summed E-state index contributed by atoms with van der Waals surface area (Å²) in [6.07, 6.45) is 7.73. The number of nitrogens with one attached hydrogen (secondary N) is 1. The van der Waals surface area contributed by atoms with Crippen molar-refractivity contribution in [2.24, 2.45) is 0 Å². The minimum atomic E-state index is -0.984. The summed E-state index contributed by atoms with van der Waals surface area (Å²) in [5.41, 5.74) is 1.54. The van der Waals surface area contributed by atoms with E-state index >= 15 is 4.39 Å². The first-order chi connectivity index (χ1) is 16.9. The lowest BCUT2D eigenvalue weighted by atomic mass is 9.74. The lowest BCUT2D eigenvalue weighted by molar-refractivity contribution is 0.0582. The molecule has 11 heteroatoms. The van der Waals surface area contributed by atoms with Gasteiger partial charge in [-0.2, -0.15) is 5.26 Å². The smallest absolute Gasteiger partial charge is 0.245 e. The topological polar surface area (TPSA) is 129 Å². The number of phenols is 1. The molecule has 2 aromatic heterocycles. The molecule has 3 fully saturated rings. The summed E-state index contributed by atoms with van der Waals surface area (Å²) in [6, 6.07) is 6.69. The van der Waals surface area contributed by atoms with Crippen molar-refractivity contribution in [2.45, 2.75) is 75.3 Å². The Morgan fingerprint density at radius 3 is 2.80 bits per heavy atom. The predicted octanol–water partition coefficient (Wildman–Crippen LogP) is 2.68. The Hall–Kier alpha value is -3.65. The van der Waals surface area contributed by atoms with Gasteiger partial charge >= 0.3 is 0 Å². The monoisotopic (exact) mass is 475 g/mol. The Kier molecular flexibility index (Phi) is 5.14. The summed E-state index contributed by atoms with van der Waals surface area (Å²) in [5, 5.41) is 39.4. The molecular weight excluding hydrogens is 449 g/mol. The van der Waals surface area contributed by atoms with E-state index in [0.29, 0.717) is 29.3 Å². The van der Waals surface area contributed by atoms with Crippen molar-refractivity contribution in [3.63, 3.8) is 0 Å². The van der Waals surface area contributed by atoms with Crippen LogP contribution in [0.1, 0.15) is 51.1 Å². The molecule has 2 bridgehead atoms. The maximum atomic E-state index is 15.6. The standard InChI is InChI=1S/C24H26FN9O/c1-24-8-2-3-18(28-24)22(25)20(10-24)34(15-4-5-15)23-27-12-19(30-31-23)17-7-6-16(9-21(17)35)33-13-14(11-26)29-32-33/h6-7,9,12-13,15,18,20,22,28,35H,2-5,8,10H2,1H3/t18-,20+,22-,24+/m0/s1. The maximum absolute atomic E-state index is 15.6. The van der Waals surface area contributed by atoms with Gasteiger partial charge in [-0.3, -0.25) is 0 Å². The number of anilines is 1. The fourth-order valence-corrected chi connectivity index (χ4v) is 5.56. The molecule has 35 heavy (non-hydrogen) atoms. The van der Waals surface area contributed by atoms with Crippen molar-refractivity contribution >= 4 is 5.95 Å². The Morgan fingerprint density at radius 1 is 1.26 bits per heavy atom. The second kappa shape index (κ2) is 8.23. The quantitative estimate of drug-likeness (QED) is 0.572. The summed E-state index contributed by atoms with van der Waals surface area (Å²) < 4.78 is 17.0. The fourth-order valence-electron chi connectivity index (χ4n) is 5.56. The number of nitrogens with zero attached hydrogens (tertiary/aromatic N) is 8. The van der Waals surface area contributed by atoms with Crippen LogP contribution >= 0.6 is 0 Å². The second-order valence-electron chi connectivity index (χ2n) is 10.1. The molecule has 3 aliphatic rings. The van der Waals surface area contributed by atoms with Gasteiger partial charge in [0.05, 0.1) is 24.1 Å². The van der Waals surface area contributed by atoms with E-state index in [9.17, 15) is 5.11 Å². The number of benzene rings is 1. The fraction of sp³-hybridized carbons (Fsp3) is 0.500. The highest BCUT2D eigenvalue weighted by atomic mass is 19.1. The Bertz CT molecular complexity index is 1280. The number of hydrogen-bond donors (Lipinski definition) is 2. The van der Waals surface area contributed by atoms with Crippen LogP contribution in [0.3, 0.4) is 0 Å². The van der Waals surface area contributed by atoms with Gasteiger partial charge in [-0.05, 0) is 57.6 Å². The van der Waals surface area contributed by atoms with Gasteiger partial charge in [-0.15, -0.1) is 15.3 Å². The van der Waals surface area contributed by atoms with Crippen LogP contribution in [0.2, 0.25) is 0 Å². The largest absolute Gasteiger partial charge is 0.507 e. The van der Waals surface area contributed by atoms with Crippen LogP contribution < -0.4 is 10.2 Å². The summed E-state index contributed by atoms with van der Waals surface area (Å²) in [5.74, 6) is 0.414. The number of halogens is 1. The van der Waals surface area contributed by atoms with Crippen LogP contribution in [-0.2, 0) is 0 Å². The number of alkyl halides is 1. The van der Waals surface area contributed by atoms with Crippen LogP contribution in [0.4, 0.5) is 10.3 Å². The van der Waals surface area contributed by atoms with E-state index < -0.39 is 6.17 Å². The molecule has 0 radical (unpaired) electrons. The molecule has 0 spiro atoms. The van der Waals surface area contributed by atoms with E-state index in [1.807, 2.05) is 6.07 Å². The van der Waals surface area contributed by atoms with Gasteiger partial charge in [-0.25, -0.2) is 14.1 Å². The number of hydrogen-bond acceptors (Lipinski definition) is 9. The lowest BCUT2D eigenvalue weighted by Crippen LogP contribution is -2.67. The number of fused-ring (bicyclic) bond motifs is 2. The summed E-state index contributed by atoms with van der Waals surface area (Å²) in [7, 11) is 0. The number of piperidine rings is 2. The van der Waals surface area contributed by atoms with Crippen LogP contribution in [0.25, 0.3) is 16.9 Å². The van der Waals surface area contributed by atoms with Crippen molar-refractivity contribution in [3.05, 3.63) is 36.3 Å². The van der Waals surface area contributed by atoms with E-state index in [0.717, 1.165) is 32.1 Å². The van der Waals surface area contributed by atoms with E-state index in [1.165, 1.54) is 16.9 Å². The van der Waals surface area contributed by atoms with Gasteiger partial charge in [0.15, 0.2) is 5.69 Å². The minimum Gasteiger partial charge on any atom is -0.507 e. The molecule has 0 unspecified atom stereocenters. The lowest BCUT2D eigenvalue weighted by Gasteiger charge is -2.52. The predicted molar refractivity (Wildman–Crippen MR) is 125 cm³/mol. The highest BCUT2D eigenvalue weighted by Gasteiger charge is 2.50. The van der Waals surface area contributed by atoms with Gasteiger partial charge in [-0.1, -0.05) is 5.21 Å². The molecule has 1 saturated carbocycles. The molecule has 0 amide bonds. The van der Waals surface area contributed by atoms with E-state index in [2.05, 4.69) is 42.6 Å². The molecule has 2 aliphatic heterocycles. The molecule has 1 aromatic carbocycles. The molecule has 10 nitrogen and oxygen atoms in total. The minimum absolute atomic E-state index is 0.0256. The van der Waals surface area contributed by atoms with E-state index in [-0.39, 0.29) is 35.1 Å². The highest BCUT2D eigenvalue weighted by Crippen LogP contribution is 2.42. The number of aromatic nitrogens is 6. The van der Waals surface area contributed by atoms with E-state index in [4.69, 9.17) is 5.26 Å². The van der Waals surface area contributed by atoms with Crippen LogP contribution in [0.5, 0.6) is 5.75 Å². The molecule has 3 aromatic rings. The zero-order valence-corrected chi connectivity index (χ0v) is 19.3. The van der Waals surface area contributed by atoms with Crippen molar-refractivity contribution < 1.29 is 9.50 Å². The first kappa shape index (κ1) is 21.9. The molecule has 4 atom stereocenters. The van der Waals surface area contributed by atoms with Crippen LogP contribution in [0.15, 0.2) is 30.6 Å². The third-order valence-electron chi connectivity index (χ3n) is 7.40. The highest BCUT2D eigenvalue weighted by molar-refractivity contribution is 5.68. The third kappa shape index (κ3) is 3.97.